The molecule has 0 radical (unpaired) electrons. The highest BCUT2D eigenvalue weighted by Crippen LogP contribution is 2.24. The van der Waals surface area contributed by atoms with E-state index in [0.29, 0.717) is 19.1 Å². The van der Waals surface area contributed by atoms with Crippen molar-refractivity contribution in [1.29, 1.82) is 0 Å². The van der Waals surface area contributed by atoms with Crippen molar-refractivity contribution in [2.75, 3.05) is 25.6 Å². The van der Waals surface area contributed by atoms with Crippen LogP contribution in [0.5, 0.6) is 5.75 Å². The van der Waals surface area contributed by atoms with Crippen LogP contribution in [0.15, 0.2) is 18.2 Å². The minimum atomic E-state index is 0.265. The van der Waals surface area contributed by atoms with Crippen molar-refractivity contribution in [2.24, 2.45) is 0 Å². The first-order valence-corrected chi connectivity index (χ1v) is 6.31. The third kappa shape index (κ3) is 4.44. The number of rotatable bonds is 7. The van der Waals surface area contributed by atoms with Crippen molar-refractivity contribution >= 4 is 17.3 Å². The molecular formula is C13H20ClNO2. The van der Waals surface area contributed by atoms with E-state index in [1.165, 1.54) is 0 Å². The minimum absolute atomic E-state index is 0.265. The highest BCUT2D eigenvalue weighted by atomic mass is 35.5. The summed E-state index contributed by atoms with van der Waals surface area (Å²) in [4.78, 5) is 0. The molecule has 1 aromatic rings. The highest BCUT2D eigenvalue weighted by molar-refractivity contribution is 6.17. The lowest BCUT2D eigenvalue weighted by Crippen LogP contribution is -2.20. The summed E-state index contributed by atoms with van der Waals surface area (Å²) in [6.07, 6.45) is 0. The second-order valence-corrected chi connectivity index (χ2v) is 4.16. The first kappa shape index (κ1) is 14.1. The lowest BCUT2D eigenvalue weighted by molar-refractivity contribution is 0.190. The molecule has 17 heavy (non-hydrogen) atoms. The number of methoxy groups -OCH3 is 1. The Morgan fingerprint density at radius 1 is 1.41 bits per heavy atom. The van der Waals surface area contributed by atoms with E-state index >= 15 is 0 Å². The molecular weight excluding hydrogens is 238 g/mol. The number of benzene rings is 1. The molecule has 0 spiro atoms. The number of hydrogen-bond acceptors (Lipinski definition) is 3. The van der Waals surface area contributed by atoms with Crippen molar-refractivity contribution in [2.45, 2.75) is 25.8 Å². The molecule has 0 saturated carbocycles. The molecule has 0 heterocycles. The van der Waals surface area contributed by atoms with Crippen LogP contribution in [0.25, 0.3) is 0 Å². The fourth-order valence-electron chi connectivity index (χ4n) is 1.65. The summed E-state index contributed by atoms with van der Waals surface area (Å²) in [6, 6.07) is 6.22. The Hall–Kier alpha value is -0.930. The van der Waals surface area contributed by atoms with Gasteiger partial charge in [-0.15, -0.1) is 11.6 Å². The van der Waals surface area contributed by atoms with Crippen LogP contribution in [0, 0.1) is 0 Å². The van der Waals surface area contributed by atoms with Gasteiger partial charge in [0.1, 0.15) is 5.75 Å². The maximum Gasteiger partial charge on any atom is 0.123 e. The van der Waals surface area contributed by atoms with E-state index in [2.05, 4.69) is 12.2 Å². The summed E-state index contributed by atoms with van der Waals surface area (Å²) in [7, 11) is 1.69. The molecule has 1 atom stereocenters. The van der Waals surface area contributed by atoms with Gasteiger partial charge in [0.2, 0.25) is 0 Å². The summed E-state index contributed by atoms with van der Waals surface area (Å²) >= 11 is 5.91. The number of halogens is 1. The quantitative estimate of drug-likeness (QED) is 0.761. The van der Waals surface area contributed by atoms with Gasteiger partial charge in [-0.2, -0.15) is 0 Å². The highest BCUT2D eigenvalue weighted by Gasteiger charge is 2.06. The molecule has 3 nitrogen and oxygen atoms in total. The third-order valence-corrected chi connectivity index (χ3v) is 2.62. The van der Waals surface area contributed by atoms with Crippen LogP contribution in [0.2, 0.25) is 0 Å². The first-order valence-electron chi connectivity index (χ1n) is 5.78. The second kappa shape index (κ2) is 7.41. The smallest absolute Gasteiger partial charge is 0.123 e. The molecule has 0 fully saturated rings. The van der Waals surface area contributed by atoms with Gasteiger partial charge in [-0.25, -0.2) is 0 Å². The Balaban J connectivity index is 2.74. The van der Waals surface area contributed by atoms with Crippen LogP contribution in [-0.4, -0.2) is 26.4 Å². The van der Waals surface area contributed by atoms with Gasteiger partial charge in [-0.05, 0) is 32.0 Å². The van der Waals surface area contributed by atoms with Gasteiger partial charge in [0.05, 0.1) is 19.1 Å². The van der Waals surface area contributed by atoms with Crippen molar-refractivity contribution < 1.29 is 9.47 Å². The van der Waals surface area contributed by atoms with Crippen LogP contribution in [0.3, 0.4) is 0 Å². The van der Waals surface area contributed by atoms with E-state index in [1.807, 2.05) is 25.1 Å². The number of hydrogen-bond donors (Lipinski definition) is 1. The Labute approximate surface area is 108 Å². The predicted octanol–water partition coefficient (Wildman–Crippen LogP) is 3.27. The molecule has 0 bridgehead atoms. The molecule has 1 N–H and O–H groups in total. The monoisotopic (exact) mass is 257 g/mol. The topological polar surface area (TPSA) is 30.5 Å². The van der Waals surface area contributed by atoms with Gasteiger partial charge < -0.3 is 14.8 Å². The van der Waals surface area contributed by atoms with Crippen molar-refractivity contribution in [1.82, 2.24) is 0 Å². The van der Waals surface area contributed by atoms with E-state index in [1.54, 1.807) is 7.11 Å². The van der Waals surface area contributed by atoms with Crippen molar-refractivity contribution in [3.8, 4) is 5.75 Å². The summed E-state index contributed by atoms with van der Waals surface area (Å²) in [5.41, 5.74) is 2.04. The maximum absolute atomic E-state index is 5.91. The van der Waals surface area contributed by atoms with Gasteiger partial charge >= 0.3 is 0 Å². The van der Waals surface area contributed by atoms with Crippen molar-refractivity contribution in [3.63, 3.8) is 0 Å². The predicted molar refractivity (Wildman–Crippen MR) is 72.1 cm³/mol. The van der Waals surface area contributed by atoms with Crippen LogP contribution in [-0.2, 0) is 10.6 Å². The molecule has 0 aliphatic heterocycles. The fraction of sp³-hybridized carbons (Fsp3) is 0.538. The number of alkyl halides is 1. The van der Waals surface area contributed by atoms with Gasteiger partial charge in [0, 0.05) is 24.4 Å². The van der Waals surface area contributed by atoms with E-state index < -0.39 is 0 Å². The molecule has 1 aromatic carbocycles. The van der Waals surface area contributed by atoms with Crippen molar-refractivity contribution in [3.05, 3.63) is 23.8 Å². The minimum Gasteiger partial charge on any atom is -0.494 e. The SMILES string of the molecule is CCOc1ccc(NC(C)COC)cc1CCl. The lowest BCUT2D eigenvalue weighted by Gasteiger charge is -2.16. The largest absolute Gasteiger partial charge is 0.494 e. The van der Waals surface area contributed by atoms with Crippen LogP contribution >= 0.6 is 11.6 Å². The fourth-order valence-corrected chi connectivity index (χ4v) is 1.86. The van der Waals surface area contributed by atoms with E-state index in [9.17, 15) is 0 Å². The average Bonchev–Trinajstić information content (AvgIpc) is 2.31. The molecule has 4 heteroatoms. The number of ether oxygens (including phenoxy) is 2. The zero-order chi connectivity index (χ0) is 12.7. The second-order valence-electron chi connectivity index (χ2n) is 3.89. The molecule has 0 amide bonds. The van der Waals surface area contributed by atoms with Gasteiger partial charge in [0.25, 0.3) is 0 Å². The zero-order valence-electron chi connectivity index (χ0n) is 10.6. The molecule has 0 aliphatic carbocycles. The van der Waals surface area contributed by atoms with Gasteiger partial charge in [-0.1, -0.05) is 0 Å². The molecule has 96 valence electrons. The molecule has 0 aliphatic rings. The molecule has 1 rings (SSSR count). The first-order chi connectivity index (χ1) is 8.21. The molecule has 0 aromatic heterocycles. The van der Waals surface area contributed by atoms with Gasteiger partial charge in [0.15, 0.2) is 0 Å². The average molecular weight is 258 g/mol. The Morgan fingerprint density at radius 3 is 2.76 bits per heavy atom. The van der Waals surface area contributed by atoms with E-state index in [4.69, 9.17) is 21.1 Å². The summed E-state index contributed by atoms with van der Waals surface area (Å²) in [6.45, 7) is 5.35. The van der Waals surface area contributed by atoms with Gasteiger partial charge in [-0.3, -0.25) is 0 Å². The van der Waals surface area contributed by atoms with E-state index in [-0.39, 0.29) is 6.04 Å². The van der Waals surface area contributed by atoms with E-state index in [0.717, 1.165) is 17.0 Å². The standard InChI is InChI=1S/C13H20ClNO2/c1-4-17-13-6-5-12(7-11(13)8-14)15-10(2)9-16-3/h5-7,10,15H,4,8-9H2,1-3H3. The third-order valence-electron chi connectivity index (χ3n) is 2.33. The van der Waals surface area contributed by atoms with Crippen LogP contribution < -0.4 is 10.1 Å². The maximum atomic E-state index is 5.91. The molecule has 1 unspecified atom stereocenters. The summed E-state index contributed by atoms with van der Waals surface area (Å²) in [5.74, 6) is 1.30. The summed E-state index contributed by atoms with van der Waals surface area (Å²) < 4.78 is 10.6. The normalized spacial score (nSPS) is 12.2. The number of nitrogens with one attached hydrogen (secondary N) is 1. The Bertz CT molecular complexity index is 344. The Morgan fingerprint density at radius 2 is 2.18 bits per heavy atom. The Kier molecular flexibility index (Phi) is 6.16. The lowest BCUT2D eigenvalue weighted by atomic mass is 10.2. The van der Waals surface area contributed by atoms with Crippen LogP contribution in [0.4, 0.5) is 5.69 Å². The van der Waals surface area contributed by atoms with Crippen LogP contribution in [0.1, 0.15) is 19.4 Å². The molecule has 0 saturated heterocycles. The zero-order valence-corrected chi connectivity index (χ0v) is 11.4. The summed E-state index contributed by atoms with van der Waals surface area (Å²) in [5, 5.41) is 3.35. The number of anilines is 1.